The maximum absolute atomic E-state index is 12.7. The van der Waals surface area contributed by atoms with E-state index in [0.29, 0.717) is 0 Å². The number of esters is 1. The first-order valence-electron chi connectivity index (χ1n) is 4.10. The van der Waals surface area contributed by atoms with E-state index in [0.717, 1.165) is 18.2 Å². The van der Waals surface area contributed by atoms with Crippen molar-refractivity contribution in [1.82, 2.24) is 0 Å². The maximum Gasteiger partial charge on any atom is 0.339 e. The molecule has 1 aromatic carbocycles. The van der Waals surface area contributed by atoms with Crippen LogP contribution in [0.25, 0.3) is 0 Å². The summed E-state index contributed by atoms with van der Waals surface area (Å²) in [4.78, 5) is 11.2. The number of carbonyl (C=O) groups is 1. The van der Waals surface area contributed by atoms with Gasteiger partial charge in [0.25, 0.3) is 0 Å². The van der Waals surface area contributed by atoms with E-state index in [4.69, 9.17) is 5.26 Å². The molecule has 0 aliphatic rings. The number of rotatable bonds is 2. The number of benzene rings is 1. The topological polar surface area (TPSA) is 50.1 Å². The standard InChI is InChI=1S/C10H7F2NO2/c1-6(5-13)15-10(14)7-2-3-8(11)9(12)4-7/h2-4,6H,1H3. The fourth-order valence-electron chi connectivity index (χ4n) is 0.878. The Morgan fingerprint density at radius 1 is 1.47 bits per heavy atom. The van der Waals surface area contributed by atoms with Crippen molar-refractivity contribution in [3.63, 3.8) is 0 Å². The summed E-state index contributed by atoms with van der Waals surface area (Å²) in [5.41, 5.74) is -0.129. The van der Waals surface area contributed by atoms with Crippen LogP contribution in [0.2, 0.25) is 0 Å². The number of nitrogens with zero attached hydrogens (tertiary/aromatic N) is 1. The summed E-state index contributed by atoms with van der Waals surface area (Å²) in [7, 11) is 0. The molecule has 0 amide bonds. The Morgan fingerprint density at radius 2 is 2.13 bits per heavy atom. The van der Waals surface area contributed by atoms with Crippen molar-refractivity contribution >= 4 is 5.97 Å². The van der Waals surface area contributed by atoms with E-state index < -0.39 is 23.7 Å². The minimum atomic E-state index is -1.13. The van der Waals surface area contributed by atoms with E-state index in [9.17, 15) is 13.6 Å². The third-order valence-electron chi connectivity index (χ3n) is 1.62. The molecule has 1 unspecified atom stereocenters. The molecule has 0 spiro atoms. The van der Waals surface area contributed by atoms with Gasteiger partial charge in [-0.05, 0) is 25.1 Å². The Balaban J connectivity index is 2.84. The van der Waals surface area contributed by atoms with Crippen LogP contribution in [0.5, 0.6) is 0 Å². The highest BCUT2D eigenvalue weighted by Gasteiger charge is 2.13. The van der Waals surface area contributed by atoms with E-state index in [1.807, 2.05) is 0 Å². The molecule has 0 heterocycles. The molecule has 0 aliphatic carbocycles. The van der Waals surface area contributed by atoms with Gasteiger partial charge in [0.05, 0.1) is 5.56 Å². The van der Waals surface area contributed by atoms with Gasteiger partial charge in [-0.2, -0.15) is 5.26 Å². The van der Waals surface area contributed by atoms with Crippen LogP contribution in [0.1, 0.15) is 17.3 Å². The summed E-state index contributed by atoms with van der Waals surface area (Å²) in [5, 5.41) is 8.37. The summed E-state index contributed by atoms with van der Waals surface area (Å²) >= 11 is 0. The molecule has 0 aliphatic heterocycles. The second-order valence-electron chi connectivity index (χ2n) is 2.81. The molecule has 0 fully saturated rings. The lowest BCUT2D eigenvalue weighted by atomic mass is 10.2. The number of hydrogen-bond donors (Lipinski definition) is 0. The Kier molecular flexibility index (Phi) is 3.34. The molecule has 0 radical (unpaired) electrons. The number of nitriles is 1. The molecule has 1 aromatic rings. The smallest absolute Gasteiger partial charge is 0.339 e. The van der Waals surface area contributed by atoms with Crippen LogP contribution in [-0.2, 0) is 4.74 Å². The molecular weight excluding hydrogens is 204 g/mol. The van der Waals surface area contributed by atoms with Gasteiger partial charge in [0.2, 0.25) is 0 Å². The highest BCUT2D eigenvalue weighted by atomic mass is 19.2. The van der Waals surface area contributed by atoms with Gasteiger partial charge in [-0.25, -0.2) is 13.6 Å². The lowest BCUT2D eigenvalue weighted by Gasteiger charge is -2.05. The van der Waals surface area contributed by atoms with Crippen LogP contribution in [0.15, 0.2) is 18.2 Å². The minimum Gasteiger partial charge on any atom is -0.444 e. The van der Waals surface area contributed by atoms with Gasteiger partial charge in [-0.1, -0.05) is 0 Å². The lowest BCUT2D eigenvalue weighted by molar-refractivity contribution is 0.0435. The fourth-order valence-corrected chi connectivity index (χ4v) is 0.878. The van der Waals surface area contributed by atoms with Crippen LogP contribution < -0.4 is 0 Å². The molecule has 3 nitrogen and oxygen atoms in total. The third-order valence-corrected chi connectivity index (χ3v) is 1.62. The molecule has 15 heavy (non-hydrogen) atoms. The summed E-state index contributed by atoms with van der Waals surface area (Å²) in [6.07, 6.45) is -0.925. The van der Waals surface area contributed by atoms with Crippen LogP contribution in [0.3, 0.4) is 0 Å². The van der Waals surface area contributed by atoms with E-state index in [2.05, 4.69) is 4.74 Å². The van der Waals surface area contributed by atoms with E-state index in [1.165, 1.54) is 6.92 Å². The molecule has 1 atom stereocenters. The van der Waals surface area contributed by atoms with Gasteiger partial charge in [-0.3, -0.25) is 0 Å². The predicted molar refractivity (Wildman–Crippen MR) is 46.8 cm³/mol. The van der Waals surface area contributed by atoms with Crippen LogP contribution >= 0.6 is 0 Å². The van der Waals surface area contributed by atoms with Gasteiger partial charge in [0.15, 0.2) is 17.7 Å². The number of hydrogen-bond acceptors (Lipinski definition) is 3. The van der Waals surface area contributed by atoms with Gasteiger partial charge in [-0.15, -0.1) is 0 Å². The SMILES string of the molecule is CC(C#N)OC(=O)c1ccc(F)c(F)c1. The Morgan fingerprint density at radius 3 is 2.67 bits per heavy atom. The zero-order chi connectivity index (χ0) is 11.4. The third kappa shape index (κ3) is 2.74. The molecule has 0 aromatic heterocycles. The van der Waals surface area contributed by atoms with Crippen molar-refractivity contribution in [3.05, 3.63) is 35.4 Å². The Hall–Kier alpha value is -1.96. The highest BCUT2D eigenvalue weighted by molar-refractivity contribution is 5.89. The van der Waals surface area contributed by atoms with Gasteiger partial charge in [0, 0.05) is 0 Å². The lowest BCUT2D eigenvalue weighted by Crippen LogP contribution is -2.13. The van der Waals surface area contributed by atoms with Crippen molar-refractivity contribution in [2.45, 2.75) is 13.0 Å². The zero-order valence-corrected chi connectivity index (χ0v) is 7.83. The van der Waals surface area contributed by atoms with E-state index >= 15 is 0 Å². The van der Waals surface area contributed by atoms with E-state index in [1.54, 1.807) is 6.07 Å². The van der Waals surface area contributed by atoms with E-state index in [-0.39, 0.29) is 5.56 Å². The van der Waals surface area contributed by atoms with Crippen LogP contribution in [-0.4, -0.2) is 12.1 Å². The maximum atomic E-state index is 12.7. The van der Waals surface area contributed by atoms with Gasteiger partial charge >= 0.3 is 5.97 Å². The van der Waals surface area contributed by atoms with Crippen molar-refractivity contribution < 1.29 is 18.3 Å². The summed E-state index contributed by atoms with van der Waals surface area (Å²) in [6, 6.07) is 4.32. The van der Waals surface area contributed by atoms with Crippen LogP contribution in [0, 0.1) is 23.0 Å². The largest absolute Gasteiger partial charge is 0.444 e. The Labute approximate surface area is 84.9 Å². The van der Waals surface area contributed by atoms with Crippen molar-refractivity contribution in [2.24, 2.45) is 0 Å². The molecule has 0 N–H and O–H groups in total. The first-order valence-corrected chi connectivity index (χ1v) is 4.10. The molecular formula is C10H7F2NO2. The monoisotopic (exact) mass is 211 g/mol. The number of ether oxygens (including phenoxy) is 1. The van der Waals surface area contributed by atoms with Gasteiger partial charge in [0.1, 0.15) is 6.07 Å². The average molecular weight is 211 g/mol. The fraction of sp³-hybridized carbons (Fsp3) is 0.200. The molecule has 0 saturated heterocycles. The highest BCUT2D eigenvalue weighted by Crippen LogP contribution is 2.10. The number of halogens is 2. The first kappa shape index (κ1) is 11.1. The molecule has 5 heteroatoms. The molecule has 0 bridgehead atoms. The summed E-state index contributed by atoms with van der Waals surface area (Å²) < 4.78 is 29.8. The summed E-state index contributed by atoms with van der Waals surface area (Å²) in [6.45, 7) is 1.37. The quantitative estimate of drug-likeness (QED) is 0.703. The zero-order valence-electron chi connectivity index (χ0n) is 7.83. The number of carbonyl (C=O) groups excluding carboxylic acids is 1. The second-order valence-corrected chi connectivity index (χ2v) is 2.81. The normalized spacial score (nSPS) is 11.6. The van der Waals surface area contributed by atoms with Crippen molar-refractivity contribution in [3.8, 4) is 6.07 Å². The molecule has 1 rings (SSSR count). The second kappa shape index (κ2) is 4.51. The predicted octanol–water partition coefficient (Wildman–Crippen LogP) is 2.03. The average Bonchev–Trinajstić information content (AvgIpc) is 2.21. The first-order chi connectivity index (χ1) is 7.04. The van der Waals surface area contributed by atoms with Crippen molar-refractivity contribution in [1.29, 1.82) is 5.26 Å². The molecule has 0 saturated carbocycles. The molecule has 78 valence electrons. The van der Waals surface area contributed by atoms with Crippen LogP contribution in [0.4, 0.5) is 8.78 Å². The minimum absolute atomic E-state index is 0.129. The Bertz CT molecular complexity index is 426. The summed E-state index contributed by atoms with van der Waals surface area (Å²) in [5.74, 6) is -3.03. The van der Waals surface area contributed by atoms with Crippen molar-refractivity contribution in [2.75, 3.05) is 0 Å². The van der Waals surface area contributed by atoms with Gasteiger partial charge < -0.3 is 4.74 Å².